The first-order valence-corrected chi connectivity index (χ1v) is 9.80. The van der Waals surface area contributed by atoms with Crippen molar-refractivity contribution in [2.75, 3.05) is 27.2 Å². The highest BCUT2D eigenvalue weighted by Gasteiger charge is 2.46. The van der Waals surface area contributed by atoms with Crippen LogP contribution < -0.4 is 0 Å². The molecule has 0 saturated carbocycles. The first-order chi connectivity index (χ1) is 14.5. The molecule has 0 aliphatic carbocycles. The zero-order valence-electron chi connectivity index (χ0n) is 16.9. The second-order valence-electron chi connectivity index (χ2n) is 7.60. The quantitative estimate of drug-likeness (QED) is 0.404. The van der Waals surface area contributed by atoms with Crippen LogP contribution in [-0.4, -0.2) is 58.8 Å². The predicted molar refractivity (Wildman–Crippen MR) is 116 cm³/mol. The van der Waals surface area contributed by atoms with Crippen LogP contribution in [0.2, 0.25) is 0 Å². The summed E-state index contributed by atoms with van der Waals surface area (Å²) >= 11 is 0. The molecule has 1 aliphatic rings. The van der Waals surface area contributed by atoms with Crippen LogP contribution >= 0.6 is 0 Å². The largest absolute Gasteiger partial charge is 0.507 e. The Labute approximate surface area is 175 Å². The molecule has 1 aliphatic heterocycles. The van der Waals surface area contributed by atoms with Crippen molar-refractivity contribution in [3.63, 3.8) is 0 Å². The number of likely N-dealkylation sites (tertiary alicyclic amines) is 1. The molecule has 0 bridgehead atoms. The molecule has 0 spiro atoms. The fourth-order valence-electron chi connectivity index (χ4n) is 3.90. The van der Waals surface area contributed by atoms with Gasteiger partial charge in [0.25, 0.3) is 11.7 Å². The monoisotopic (exact) mass is 401 g/mol. The third kappa shape index (κ3) is 3.46. The summed E-state index contributed by atoms with van der Waals surface area (Å²) in [5.74, 6) is -1.44. The molecule has 1 aromatic heterocycles. The van der Waals surface area contributed by atoms with Crippen molar-refractivity contribution in [1.82, 2.24) is 14.8 Å². The molecule has 6 nitrogen and oxygen atoms in total. The number of fused-ring (bicyclic) bond motifs is 1. The number of Topliss-reactive ketones (excluding diaryl/α,β-unsaturated/α-hetero) is 1. The lowest BCUT2D eigenvalue weighted by Gasteiger charge is -2.27. The summed E-state index contributed by atoms with van der Waals surface area (Å²) in [6, 6.07) is 16.3. The van der Waals surface area contributed by atoms with Crippen LogP contribution in [-0.2, 0) is 9.59 Å². The van der Waals surface area contributed by atoms with Gasteiger partial charge in [-0.15, -0.1) is 0 Å². The van der Waals surface area contributed by atoms with Gasteiger partial charge in [0, 0.05) is 31.0 Å². The van der Waals surface area contributed by atoms with Crippen LogP contribution in [0.3, 0.4) is 0 Å². The normalized spacial score (nSPS) is 18.5. The van der Waals surface area contributed by atoms with E-state index in [4.69, 9.17) is 0 Å². The van der Waals surface area contributed by atoms with Crippen LogP contribution in [0.1, 0.15) is 17.2 Å². The molecule has 1 N–H and O–H groups in total. The van der Waals surface area contributed by atoms with Gasteiger partial charge >= 0.3 is 0 Å². The zero-order valence-corrected chi connectivity index (χ0v) is 16.9. The van der Waals surface area contributed by atoms with Crippen LogP contribution in [0, 0.1) is 0 Å². The Balaban J connectivity index is 1.94. The predicted octanol–water partition coefficient (Wildman–Crippen LogP) is 3.22. The lowest BCUT2D eigenvalue weighted by Crippen LogP contribution is -2.35. The first-order valence-electron chi connectivity index (χ1n) is 9.80. The summed E-state index contributed by atoms with van der Waals surface area (Å²) in [5.41, 5.74) is 1.39. The number of amides is 1. The van der Waals surface area contributed by atoms with Gasteiger partial charge < -0.3 is 14.9 Å². The van der Waals surface area contributed by atoms with Gasteiger partial charge in [-0.2, -0.15) is 0 Å². The van der Waals surface area contributed by atoms with E-state index in [1.807, 2.05) is 61.5 Å². The molecule has 30 heavy (non-hydrogen) atoms. The minimum atomic E-state index is -0.666. The molecule has 0 radical (unpaired) electrons. The number of aliphatic hydroxyl groups excluding tert-OH is 1. The Kier molecular flexibility index (Phi) is 5.33. The summed E-state index contributed by atoms with van der Waals surface area (Å²) < 4.78 is 0. The minimum Gasteiger partial charge on any atom is -0.507 e. The molecule has 4 rings (SSSR count). The molecule has 1 saturated heterocycles. The number of hydrogen-bond donors (Lipinski definition) is 1. The summed E-state index contributed by atoms with van der Waals surface area (Å²) in [5, 5.41) is 13.0. The number of likely N-dealkylation sites (N-methyl/N-ethyl adjacent to an activating group) is 1. The summed E-state index contributed by atoms with van der Waals surface area (Å²) in [6.07, 6.45) is 3.09. The van der Waals surface area contributed by atoms with Gasteiger partial charge in [0.2, 0.25) is 0 Å². The highest BCUT2D eigenvalue weighted by Crippen LogP contribution is 2.41. The molecule has 3 aromatic rings. The van der Waals surface area contributed by atoms with E-state index in [-0.39, 0.29) is 11.3 Å². The molecule has 1 amide bonds. The molecule has 152 valence electrons. The minimum absolute atomic E-state index is 0.112. The Morgan fingerprint density at radius 2 is 1.73 bits per heavy atom. The van der Waals surface area contributed by atoms with Crippen molar-refractivity contribution in [3.05, 3.63) is 83.7 Å². The lowest BCUT2D eigenvalue weighted by atomic mass is 9.92. The van der Waals surface area contributed by atoms with E-state index in [2.05, 4.69) is 4.98 Å². The van der Waals surface area contributed by atoms with Gasteiger partial charge in [-0.25, -0.2) is 0 Å². The van der Waals surface area contributed by atoms with Crippen molar-refractivity contribution in [1.29, 1.82) is 0 Å². The third-order valence-electron chi connectivity index (χ3n) is 5.40. The Hall–Kier alpha value is -3.51. The van der Waals surface area contributed by atoms with E-state index >= 15 is 0 Å². The number of carbonyl (C=O) groups is 2. The number of hydrogen-bond acceptors (Lipinski definition) is 5. The van der Waals surface area contributed by atoms with Crippen molar-refractivity contribution in [3.8, 4) is 0 Å². The van der Waals surface area contributed by atoms with Gasteiger partial charge in [0.1, 0.15) is 5.76 Å². The standard InChI is InChI=1S/C24H23N3O3/c1-26(2)14-15-27-21(19-9-5-7-16-6-3-4-8-18(16)19)20(23(29)24(27)30)22(28)17-10-12-25-13-11-17/h3-13,21,28H,14-15H2,1-2H3/b22-20-. The van der Waals surface area contributed by atoms with Gasteiger partial charge in [-0.05, 0) is 42.6 Å². The van der Waals surface area contributed by atoms with E-state index in [0.29, 0.717) is 18.7 Å². The van der Waals surface area contributed by atoms with E-state index in [9.17, 15) is 14.7 Å². The number of aromatic nitrogens is 1. The SMILES string of the molecule is CN(C)CCN1C(=O)C(=O)/C(=C(\O)c2ccncc2)C1c1cccc2ccccc12. The average molecular weight is 401 g/mol. The second-order valence-corrected chi connectivity index (χ2v) is 7.60. The fourth-order valence-corrected chi connectivity index (χ4v) is 3.90. The van der Waals surface area contributed by atoms with Crippen LogP contribution in [0.25, 0.3) is 16.5 Å². The van der Waals surface area contributed by atoms with Crippen LogP contribution in [0.4, 0.5) is 0 Å². The molecule has 1 fully saturated rings. The number of carbonyl (C=O) groups excluding carboxylic acids is 2. The smallest absolute Gasteiger partial charge is 0.295 e. The van der Waals surface area contributed by atoms with Gasteiger partial charge in [-0.1, -0.05) is 42.5 Å². The van der Waals surface area contributed by atoms with Crippen molar-refractivity contribution < 1.29 is 14.7 Å². The van der Waals surface area contributed by atoms with Crippen LogP contribution in [0.15, 0.2) is 72.6 Å². The van der Waals surface area contributed by atoms with Crippen molar-refractivity contribution >= 4 is 28.2 Å². The summed E-state index contributed by atoms with van der Waals surface area (Å²) in [4.78, 5) is 33.5. The van der Waals surface area contributed by atoms with Crippen molar-refractivity contribution in [2.45, 2.75) is 6.04 Å². The summed E-state index contributed by atoms with van der Waals surface area (Å²) in [6.45, 7) is 0.974. The highest BCUT2D eigenvalue weighted by molar-refractivity contribution is 6.46. The van der Waals surface area contributed by atoms with Gasteiger partial charge in [0.05, 0.1) is 11.6 Å². The molecular formula is C24H23N3O3. The topological polar surface area (TPSA) is 73.7 Å². The molecule has 2 heterocycles. The molecule has 6 heteroatoms. The number of pyridine rings is 1. The van der Waals surface area contributed by atoms with E-state index in [1.165, 1.54) is 0 Å². The number of benzene rings is 2. The summed E-state index contributed by atoms with van der Waals surface area (Å²) in [7, 11) is 3.83. The number of ketones is 1. The molecular weight excluding hydrogens is 378 g/mol. The lowest BCUT2D eigenvalue weighted by molar-refractivity contribution is -0.140. The highest BCUT2D eigenvalue weighted by atomic mass is 16.3. The Morgan fingerprint density at radius 1 is 1.03 bits per heavy atom. The Bertz CT molecular complexity index is 1130. The molecule has 1 atom stereocenters. The van der Waals surface area contributed by atoms with E-state index in [0.717, 1.165) is 16.3 Å². The second kappa shape index (κ2) is 8.08. The van der Waals surface area contributed by atoms with Crippen molar-refractivity contribution in [2.24, 2.45) is 0 Å². The van der Waals surface area contributed by atoms with Crippen LogP contribution in [0.5, 0.6) is 0 Å². The Morgan fingerprint density at radius 3 is 2.47 bits per heavy atom. The molecule has 2 aromatic carbocycles. The first kappa shape index (κ1) is 19.8. The van der Waals surface area contributed by atoms with Gasteiger partial charge in [-0.3, -0.25) is 14.6 Å². The maximum absolute atomic E-state index is 13.1. The van der Waals surface area contributed by atoms with E-state index in [1.54, 1.807) is 29.4 Å². The number of nitrogens with zero attached hydrogens (tertiary/aromatic N) is 3. The maximum Gasteiger partial charge on any atom is 0.295 e. The number of rotatable bonds is 5. The fraction of sp³-hybridized carbons (Fsp3) is 0.208. The zero-order chi connectivity index (χ0) is 21.3. The maximum atomic E-state index is 13.1. The molecule has 1 unspecified atom stereocenters. The number of aliphatic hydroxyl groups is 1. The van der Waals surface area contributed by atoms with E-state index < -0.39 is 17.7 Å². The average Bonchev–Trinajstić information content (AvgIpc) is 3.02. The third-order valence-corrected chi connectivity index (χ3v) is 5.40. The van der Waals surface area contributed by atoms with Gasteiger partial charge in [0.15, 0.2) is 0 Å².